The van der Waals surface area contributed by atoms with Gasteiger partial charge in [0, 0.05) is 19.3 Å². The predicted octanol–water partition coefficient (Wildman–Crippen LogP) is 19.0. The zero-order valence-electron chi connectivity index (χ0n) is 44.0. The Balaban J connectivity index is 4.36. The fourth-order valence-electron chi connectivity index (χ4n) is 8.24. The molecule has 1 unspecified atom stereocenters. The van der Waals surface area contributed by atoms with E-state index in [0.717, 1.165) is 103 Å². The third-order valence-electron chi connectivity index (χ3n) is 12.5. The normalized spacial score (nSPS) is 12.3. The Morgan fingerprint density at radius 1 is 0.318 bits per heavy atom. The van der Waals surface area contributed by atoms with E-state index >= 15 is 0 Å². The SMILES string of the molecule is CC/C=C\C/C=C\CCCCCCCC(=O)OCC(COC(=O)CCCCCCC/C=C\CCCCCCCCCCC)OC(=O)CCCCCCC/C=C\CCCCCCCCCCC. The highest BCUT2D eigenvalue weighted by molar-refractivity contribution is 5.71. The number of ether oxygens (including phenoxy) is 3. The number of unbranched alkanes of at least 4 members (excludes halogenated alkanes) is 33. The predicted molar refractivity (Wildman–Crippen MR) is 284 cm³/mol. The molecule has 0 N–H and O–H groups in total. The molecule has 0 aromatic carbocycles. The third-order valence-corrected chi connectivity index (χ3v) is 12.5. The minimum absolute atomic E-state index is 0.0841. The van der Waals surface area contributed by atoms with Gasteiger partial charge in [-0.05, 0) is 96.3 Å². The summed E-state index contributed by atoms with van der Waals surface area (Å²) < 4.78 is 16.8. The molecule has 6 nitrogen and oxygen atoms in total. The van der Waals surface area contributed by atoms with E-state index in [0.29, 0.717) is 19.3 Å². The van der Waals surface area contributed by atoms with Crippen molar-refractivity contribution in [3.8, 4) is 0 Å². The molecule has 0 amide bonds. The van der Waals surface area contributed by atoms with Crippen molar-refractivity contribution in [1.29, 1.82) is 0 Å². The first-order valence-electron chi connectivity index (χ1n) is 28.6. The van der Waals surface area contributed by atoms with Crippen LogP contribution in [0.4, 0.5) is 0 Å². The quantitative estimate of drug-likeness (QED) is 0.0262. The molecular formula is C60H108O6. The highest BCUT2D eigenvalue weighted by Gasteiger charge is 2.19. The van der Waals surface area contributed by atoms with Gasteiger partial charge in [0.05, 0.1) is 0 Å². The van der Waals surface area contributed by atoms with Crippen molar-refractivity contribution in [2.24, 2.45) is 0 Å². The van der Waals surface area contributed by atoms with Crippen molar-refractivity contribution in [3.05, 3.63) is 48.6 Å². The van der Waals surface area contributed by atoms with E-state index in [1.54, 1.807) is 0 Å². The molecule has 0 aromatic rings. The van der Waals surface area contributed by atoms with Gasteiger partial charge >= 0.3 is 17.9 Å². The molecule has 0 aliphatic heterocycles. The van der Waals surface area contributed by atoms with Gasteiger partial charge in [-0.2, -0.15) is 0 Å². The van der Waals surface area contributed by atoms with Gasteiger partial charge < -0.3 is 14.2 Å². The van der Waals surface area contributed by atoms with Gasteiger partial charge in [-0.3, -0.25) is 14.4 Å². The summed E-state index contributed by atoms with van der Waals surface area (Å²) in [6.45, 7) is 6.53. The van der Waals surface area contributed by atoms with Gasteiger partial charge in [-0.1, -0.05) is 230 Å². The second-order valence-electron chi connectivity index (χ2n) is 19.2. The molecule has 0 saturated carbocycles. The maximum absolute atomic E-state index is 12.8. The summed E-state index contributed by atoms with van der Waals surface area (Å²) in [4.78, 5) is 38.1. The third kappa shape index (κ3) is 52.3. The monoisotopic (exact) mass is 925 g/mol. The summed E-state index contributed by atoms with van der Waals surface area (Å²) in [6.07, 6.45) is 66.8. The van der Waals surface area contributed by atoms with E-state index in [4.69, 9.17) is 14.2 Å². The lowest BCUT2D eigenvalue weighted by Gasteiger charge is -2.18. The second kappa shape index (κ2) is 55.0. The highest BCUT2D eigenvalue weighted by atomic mass is 16.6. The Bertz CT molecular complexity index is 1150. The van der Waals surface area contributed by atoms with Crippen LogP contribution in [0, 0.1) is 0 Å². The van der Waals surface area contributed by atoms with Crippen LogP contribution in [0.1, 0.15) is 297 Å². The molecule has 384 valence electrons. The summed E-state index contributed by atoms with van der Waals surface area (Å²) in [5, 5.41) is 0. The summed E-state index contributed by atoms with van der Waals surface area (Å²) >= 11 is 0. The van der Waals surface area contributed by atoms with Crippen molar-refractivity contribution >= 4 is 17.9 Å². The Labute approximate surface area is 409 Å². The molecule has 1 atom stereocenters. The minimum atomic E-state index is -0.786. The number of hydrogen-bond acceptors (Lipinski definition) is 6. The maximum Gasteiger partial charge on any atom is 0.306 e. The number of allylic oxidation sites excluding steroid dienone is 8. The van der Waals surface area contributed by atoms with E-state index in [9.17, 15) is 14.4 Å². The van der Waals surface area contributed by atoms with Crippen molar-refractivity contribution in [2.45, 2.75) is 303 Å². The number of rotatable bonds is 52. The van der Waals surface area contributed by atoms with Crippen LogP contribution in [-0.4, -0.2) is 37.2 Å². The van der Waals surface area contributed by atoms with Gasteiger partial charge in [-0.15, -0.1) is 0 Å². The first kappa shape index (κ1) is 63.4. The molecular weight excluding hydrogens is 817 g/mol. The fraction of sp³-hybridized carbons (Fsp3) is 0.817. The van der Waals surface area contributed by atoms with Crippen LogP contribution in [0.3, 0.4) is 0 Å². The summed E-state index contributed by atoms with van der Waals surface area (Å²) in [7, 11) is 0. The molecule has 0 rings (SSSR count). The molecule has 66 heavy (non-hydrogen) atoms. The van der Waals surface area contributed by atoms with Crippen molar-refractivity contribution in [3.63, 3.8) is 0 Å². The Kier molecular flexibility index (Phi) is 52.8. The fourth-order valence-corrected chi connectivity index (χ4v) is 8.24. The Hall–Kier alpha value is -2.63. The van der Waals surface area contributed by atoms with Crippen LogP contribution in [0.2, 0.25) is 0 Å². The summed E-state index contributed by atoms with van der Waals surface area (Å²) in [5.41, 5.74) is 0. The molecule has 0 aromatic heterocycles. The molecule has 0 saturated heterocycles. The van der Waals surface area contributed by atoms with Gasteiger partial charge in [0.15, 0.2) is 6.10 Å². The smallest absolute Gasteiger partial charge is 0.306 e. The van der Waals surface area contributed by atoms with Crippen molar-refractivity contribution in [1.82, 2.24) is 0 Å². The van der Waals surface area contributed by atoms with E-state index < -0.39 is 6.10 Å². The summed E-state index contributed by atoms with van der Waals surface area (Å²) in [5.74, 6) is -0.904. The minimum Gasteiger partial charge on any atom is -0.462 e. The maximum atomic E-state index is 12.8. The van der Waals surface area contributed by atoms with Gasteiger partial charge in [0.1, 0.15) is 13.2 Å². The van der Waals surface area contributed by atoms with Crippen LogP contribution in [-0.2, 0) is 28.6 Å². The lowest BCUT2D eigenvalue weighted by Crippen LogP contribution is -2.30. The number of carbonyl (C=O) groups is 3. The number of esters is 3. The highest BCUT2D eigenvalue weighted by Crippen LogP contribution is 2.15. The lowest BCUT2D eigenvalue weighted by atomic mass is 10.1. The van der Waals surface area contributed by atoms with Crippen LogP contribution in [0.25, 0.3) is 0 Å². The molecule has 0 bridgehead atoms. The van der Waals surface area contributed by atoms with Crippen LogP contribution >= 0.6 is 0 Å². The first-order chi connectivity index (χ1) is 32.5. The largest absolute Gasteiger partial charge is 0.462 e. The molecule has 6 heteroatoms. The molecule has 0 fully saturated rings. The topological polar surface area (TPSA) is 78.9 Å². The van der Waals surface area contributed by atoms with E-state index in [-0.39, 0.29) is 31.1 Å². The van der Waals surface area contributed by atoms with Gasteiger partial charge in [-0.25, -0.2) is 0 Å². The first-order valence-corrected chi connectivity index (χ1v) is 28.6. The molecule has 0 heterocycles. The zero-order chi connectivity index (χ0) is 47.9. The second-order valence-corrected chi connectivity index (χ2v) is 19.2. The van der Waals surface area contributed by atoms with Crippen LogP contribution in [0.15, 0.2) is 48.6 Å². The zero-order valence-corrected chi connectivity index (χ0v) is 44.0. The van der Waals surface area contributed by atoms with Gasteiger partial charge in [0.2, 0.25) is 0 Å². The molecule has 0 aliphatic carbocycles. The molecule has 0 spiro atoms. The average Bonchev–Trinajstić information content (AvgIpc) is 3.31. The standard InChI is InChI=1S/C60H108O6/c1-4-7-10-13-16-19-22-25-27-29-31-33-35-38-41-44-47-50-53-59(62)65-56-57(55-64-58(61)52-49-46-43-40-37-24-21-18-15-12-9-6-3)66-60(63)54-51-48-45-42-39-36-34-32-30-28-26-23-20-17-14-11-8-5-2/h9,12,18,21,31-34,57H,4-8,10-11,13-17,19-20,22-30,35-56H2,1-3H3/b12-9-,21-18-,33-31-,34-32-. The lowest BCUT2D eigenvalue weighted by molar-refractivity contribution is -0.167. The van der Waals surface area contributed by atoms with Crippen LogP contribution < -0.4 is 0 Å². The Morgan fingerprint density at radius 3 is 0.924 bits per heavy atom. The van der Waals surface area contributed by atoms with Crippen molar-refractivity contribution < 1.29 is 28.6 Å². The number of carbonyl (C=O) groups excluding carboxylic acids is 3. The molecule has 0 aliphatic rings. The van der Waals surface area contributed by atoms with Crippen LogP contribution in [0.5, 0.6) is 0 Å². The number of hydrogen-bond donors (Lipinski definition) is 0. The van der Waals surface area contributed by atoms with E-state index in [1.807, 2.05) is 0 Å². The summed E-state index contributed by atoms with van der Waals surface area (Å²) in [6, 6.07) is 0. The Morgan fingerprint density at radius 2 is 0.591 bits per heavy atom. The van der Waals surface area contributed by atoms with E-state index in [1.165, 1.54) is 154 Å². The van der Waals surface area contributed by atoms with Crippen molar-refractivity contribution in [2.75, 3.05) is 13.2 Å². The van der Waals surface area contributed by atoms with Gasteiger partial charge in [0.25, 0.3) is 0 Å². The van der Waals surface area contributed by atoms with E-state index in [2.05, 4.69) is 69.4 Å². The molecule has 0 radical (unpaired) electrons. The average molecular weight is 926 g/mol.